The van der Waals surface area contributed by atoms with Crippen LogP contribution in [0.5, 0.6) is 0 Å². The molecule has 5 nitrogen and oxygen atoms in total. The summed E-state index contributed by atoms with van der Waals surface area (Å²) in [6.07, 6.45) is 0.494. The van der Waals surface area contributed by atoms with Gasteiger partial charge in [-0.3, -0.25) is 4.79 Å². The van der Waals surface area contributed by atoms with Crippen molar-refractivity contribution in [1.29, 1.82) is 0 Å². The topological polar surface area (TPSA) is 84.6 Å². The fraction of sp³-hybridized carbons (Fsp3) is 0.857. The van der Waals surface area contributed by atoms with Gasteiger partial charge in [0, 0.05) is 20.3 Å². The van der Waals surface area contributed by atoms with Gasteiger partial charge in [-0.25, -0.2) is 0 Å². The Hall–Kier alpha value is -0.650. The first-order valence-corrected chi connectivity index (χ1v) is 3.85. The minimum Gasteiger partial charge on any atom is -0.395 e. The Morgan fingerprint density at radius 1 is 1.75 bits per heavy atom. The predicted molar refractivity (Wildman–Crippen MR) is 44.6 cm³/mol. The Kier molecular flexibility index (Phi) is 6.64. The first kappa shape index (κ1) is 11.4. The van der Waals surface area contributed by atoms with E-state index < -0.39 is 6.04 Å². The van der Waals surface area contributed by atoms with E-state index in [-0.39, 0.29) is 19.1 Å². The number of hydrogen-bond donors (Lipinski definition) is 3. The van der Waals surface area contributed by atoms with E-state index in [1.165, 1.54) is 0 Å². The van der Waals surface area contributed by atoms with E-state index in [9.17, 15) is 4.79 Å². The van der Waals surface area contributed by atoms with E-state index >= 15 is 0 Å². The van der Waals surface area contributed by atoms with E-state index in [2.05, 4.69) is 5.32 Å². The summed E-state index contributed by atoms with van der Waals surface area (Å²) >= 11 is 0. The van der Waals surface area contributed by atoms with Crippen LogP contribution in [0.15, 0.2) is 0 Å². The molecule has 1 atom stereocenters. The molecule has 0 radical (unpaired) electrons. The minimum atomic E-state index is -0.545. The van der Waals surface area contributed by atoms with E-state index in [1.807, 2.05) is 0 Å². The lowest BCUT2D eigenvalue weighted by atomic mass is 10.2. The summed E-state index contributed by atoms with van der Waals surface area (Å²) in [5.74, 6) is -0.249. The van der Waals surface area contributed by atoms with E-state index in [4.69, 9.17) is 15.6 Å². The molecule has 0 aromatic carbocycles. The van der Waals surface area contributed by atoms with Gasteiger partial charge in [-0.1, -0.05) is 0 Å². The van der Waals surface area contributed by atoms with E-state index in [1.54, 1.807) is 7.11 Å². The summed E-state index contributed by atoms with van der Waals surface area (Å²) in [7, 11) is 1.55. The van der Waals surface area contributed by atoms with Crippen molar-refractivity contribution < 1.29 is 14.6 Å². The first-order chi connectivity index (χ1) is 5.72. The van der Waals surface area contributed by atoms with Gasteiger partial charge < -0.3 is 20.9 Å². The number of amides is 1. The highest BCUT2D eigenvalue weighted by molar-refractivity contribution is 5.81. The van der Waals surface area contributed by atoms with Crippen LogP contribution in [0.4, 0.5) is 0 Å². The van der Waals surface area contributed by atoms with Crippen molar-refractivity contribution in [2.75, 3.05) is 26.9 Å². The Morgan fingerprint density at radius 2 is 2.42 bits per heavy atom. The monoisotopic (exact) mass is 176 g/mol. The Morgan fingerprint density at radius 3 is 2.92 bits per heavy atom. The molecule has 0 aromatic rings. The Labute approximate surface area is 71.9 Å². The number of rotatable bonds is 6. The minimum absolute atomic E-state index is 0.0667. The molecule has 12 heavy (non-hydrogen) atoms. The van der Waals surface area contributed by atoms with Crippen LogP contribution in [0.3, 0.4) is 0 Å². The van der Waals surface area contributed by atoms with Crippen LogP contribution in [0, 0.1) is 0 Å². The number of carbonyl (C=O) groups excluding carboxylic acids is 1. The maximum atomic E-state index is 11.0. The maximum Gasteiger partial charge on any atom is 0.237 e. The van der Waals surface area contributed by atoms with Gasteiger partial charge >= 0.3 is 0 Å². The van der Waals surface area contributed by atoms with Crippen LogP contribution in [-0.2, 0) is 9.53 Å². The van der Waals surface area contributed by atoms with Crippen molar-refractivity contribution >= 4 is 5.91 Å². The number of ether oxygens (including phenoxy) is 1. The van der Waals surface area contributed by atoms with Crippen molar-refractivity contribution in [2.45, 2.75) is 12.5 Å². The van der Waals surface area contributed by atoms with Gasteiger partial charge in [-0.15, -0.1) is 0 Å². The summed E-state index contributed by atoms with van der Waals surface area (Å²) in [4.78, 5) is 11.0. The van der Waals surface area contributed by atoms with E-state index in [0.29, 0.717) is 13.0 Å². The lowest BCUT2D eigenvalue weighted by molar-refractivity contribution is -0.122. The van der Waals surface area contributed by atoms with Crippen LogP contribution in [0.2, 0.25) is 0 Å². The molecule has 0 rings (SSSR count). The van der Waals surface area contributed by atoms with Crippen LogP contribution in [-0.4, -0.2) is 43.9 Å². The molecule has 4 N–H and O–H groups in total. The van der Waals surface area contributed by atoms with Crippen molar-refractivity contribution in [2.24, 2.45) is 5.73 Å². The largest absolute Gasteiger partial charge is 0.395 e. The fourth-order valence-electron chi connectivity index (χ4n) is 0.686. The normalized spacial score (nSPS) is 12.6. The molecule has 0 aliphatic carbocycles. The maximum absolute atomic E-state index is 11.0. The number of nitrogens with one attached hydrogen (secondary N) is 1. The van der Waals surface area contributed by atoms with Crippen LogP contribution in [0.25, 0.3) is 0 Å². The molecule has 0 fully saturated rings. The molecule has 0 bridgehead atoms. The lowest BCUT2D eigenvalue weighted by Crippen LogP contribution is -2.42. The smallest absolute Gasteiger partial charge is 0.237 e. The second-order valence-corrected chi connectivity index (χ2v) is 2.40. The molecule has 0 aliphatic heterocycles. The van der Waals surface area contributed by atoms with Crippen molar-refractivity contribution in [1.82, 2.24) is 5.32 Å². The molecule has 5 heteroatoms. The highest BCUT2D eigenvalue weighted by Gasteiger charge is 2.11. The number of aliphatic hydroxyl groups excluding tert-OH is 1. The molecule has 0 saturated heterocycles. The Bertz CT molecular complexity index is 130. The number of carbonyl (C=O) groups is 1. The Balaban J connectivity index is 3.47. The van der Waals surface area contributed by atoms with Gasteiger partial charge in [0.15, 0.2) is 0 Å². The second-order valence-electron chi connectivity index (χ2n) is 2.40. The molecular weight excluding hydrogens is 160 g/mol. The highest BCUT2D eigenvalue weighted by atomic mass is 16.5. The standard InChI is InChI=1S/C7H16N2O3/c1-12-5-2-6(8)7(11)9-3-4-10/h6,10H,2-5,8H2,1H3,(H,9,11). The summed E-state index contributed by atoms with van der Waals surface area (Å²) in [6.45, 7) is 0.649. The van der Waals surface area contributed by atoms with Gasteiger partial charge in [-0.2, -0.15) is 0 Å². The average Bonchev–Trinajstić information content (AvgIpc) is 2.10. The SMILES string of the molecule is COCCC(N)C(=O)NCCO. The van der Waals surface area contributed by atoms with Crippen LogP contribution < -0.4 is 11.1 Å². The molecule has 1 unspecified atom stereocenters. The van der Waals surface area contributed by atoms with Crippen LogP contribution >= 0.6 is 0 Å². The molecule has 0 aromatic heterocycles. The average molecular weight is 176 g/mol. The van der Waals surface area contributed by atoms with Gasteiger partial charge in [0.2, 0.25) is 5.91 Å². The molecule has 1 amide bonds. The molecule has 0 saturated carbocycles. The van der Waals surface area contributed by atoms with Gasteiger partial charge in [0.1, 0.15) is 0 Å². The van der Waals surface area contributed by atoms with Crippen molar-refractivity contribution in [3.05, 3.63) is 0 Å². The zero-order valence-corrected chi connectivity index (χ0v) is 7.25. The first-order valence-electron chi connectivity index (χ1n) is 3.85. The molecular formula is C7H16N2O3. The predicted octanol–water partition coefficient (Wildman–Crippen LogP) is -1.54. The third kappa shape index (κ3) is 5.06. The zero-order chi connectivity index (χ0) is 9.40. The van der Waals surface area contributed by atoms with Crippen LogP contribution in [0.1, 0.15) is 6.42 Å². The highest BCUT2D eigenvalue weighted by Crippen LogP contribution is 1.87. The zero-order valence-electron chi connectivity index (χ0n) is 7.25. The molecule has 0 aliphatic rings. The molecule has 0 heterocycles. The number of nitrogens with two attached hydrogens (primary N) is 1. The second kappa shape index (κ2) is 7.02. The molecule has 0 spiro atoms. The third-order valence-electron chi connectivity index (χ3n) is 1.38. The summed E-state index contributed by atoms with van der Waals surface area (Å²) in [6, 6.07) is -0.545. The van der Waals surface area contributed by atoms with Gasteiger partial charge in [0.25, 0.3) is 0 Å². The van der Waals surface area contributed by atoms with Gasteiger partial charge in [0.05, 0.1) is 12.6 Å². The number of aliphatic hydroxyl groups is 1. The lowest BCUT2D eigenvalue weighted by Gasteiger charge is -2.10. The summed E-state index contributed by atoms with van der Waals surface area (Å²) in [5, 5.41) is 10.9. The van der Waals surface area contributed by atoms with E-state index in [0.717, 1.165) is 0 Å². The third-order valence-corrected chi connectivity index (χ3v) is 1.38. The number of hydrogen-bond acceptors (Lipinski definition) is 4. The van der Waals surface area contributed by atoms with Crippen molar-refractivity contribution in [3.63, 3.8) is 0 Å². The fourth-order valence-corrected chi connectivity index (χ4v) is 0.686. The van der Waals surface area contributed by atoms with Gasteiger partial charge in [-0.05, 0) is 6.42 Å². The summed E-state index contributed by atoms with van der Waals surface area (Å²) < 4.78 is 4.76. The summed E-state index contributed by atoms with van der Waals surface area (Å²) in [5.41, 5.74) is 5.47. The van der Waals surface area contributed by atoms with Crippen molar-refractivity contribution in [3.8, 4) is 0 Å². The quantitative estimate of drug-likeness (QED) is 0.458. The molecule has 72 valence electrons. The number of methoxy groups -OCH3 is 1.